The minimum Gasteiger partial charge on any atom is -0.397 e. The van der Waals surface area contributed by atoms with Crippen LogP contribution >= 0.6 is 0 Å². The lowest BCUT2D eigenvalue weighted by Gasteiger charge is -2.11. The number of carbonyl (C=O) groups excluding carboxylic acids is 1. The van der Waals surface area contributed by atoms with Crippen molar-refractivity contribution in [2.75, 3.05) is 12.3 Å². The molecule has 1 unspecified atom stereocenters. The summed E-state index contributed by atoms with van der Waals surface area (Å²) in [5.74, 6) is 1.37. The van der Waals surface area contributed by atoms with Crippen molar-refractivity contribution < 1.29 is 4.79 Å². The topological polar surface area (TPSA) is 60.1 Å². The van der Waals surface area contributed by atoms with Crippen molar-refractivity contribution in [2.24, 2.45) is 18.9 Å². The van der Waals surface area contributed by atoms with E-state index in [1.54, 1.807) is 16.8 Å². The summed E-state index contributed by atoms with van der Waals surface area (Å²) in [6.45, 7) is 2.95. The molecule has 1 saturated carbocycles. The number of rotatable bonds is 4. The third kappa shape index (κ3) is 2.38. The molecule has 1 fully saturated rings. The highest BCUT2D eigenvalue weighted by Crippen LogP contribution is 2.36. The first kappa shape index (κ1) is 11.0. The van der Waals surface area contributed by atoms with Gasteiger partial charge in [0.2, 0.25) is 0 Å². The van der Waals surface area contributed by atoms with E-state index < -0.39 is 0 Å². The lowest BCUT2D eigenvalue weighted by molar-refractivity contribution is 0.0938. The molecule has 2 rings (SSSR count). The van der Waals surface area contributed by atoms with Gasteiger partial charge in [0.25, 0.3) is 5.91 Å². The van der Waals surface area contributed by atoms with Gasteiger partial charge in [-0.25, -0.2) is 0 Å². The van der Waals surface area contributed by atoms with Crippen molar-refractivity contribution in [2.45, 2.75) is 19.8 Å². The van der Waals surface area contributed by atoms with Gasteiger partial charge in [-0.3, -0.25) is 4.79 Å². The maximum atomic E-state index is 11.8. The van der Waals surface area contributed by atoms with Crippen molar-refractivity contribution in [1.82, 2.24) is 9.88 Å². The predicted octanol–water partition coefficient (Wildman–Crippen LogP) is 1.38. The monoisotopic (exact) mass is 221 g/mol. The Morgan fingerprint density at radius 3 is 2.88 bits per heavy atom. The molecule has 0 radical (unpaired) electrons. The van der Waals surface area contributed by atoms with Crippen LogP contribution < -0.4 is 11.1 Å². The summed E-state index contributed by atoms with van der Waals surface area (Å²) in [6.07, 6.45) is 4.38. The van der Waals surface area contributed by atoms with Gasteiger partial charge in [0.1, 0.15) is 5.69 Å². The molecule has 1 atom stereocenters. The van der Waals surface area contributed by atoms with Crippen molar-refractivity contribution in [3.05, 3.63) is 18.0 Å². The van der Waals surface area contributed by atoms with Gasteiger partial charge >= 0.3 is 0 Å². The fourth-order valence-corrected chi connectivity index (χ4v) is 1.99. The van der Waals surface area contributed by atoms with Crippen LogP contribution in [0.25, 0.3) is 0 Å². The summed E-state index contributed by atoms with van der Waals surface area (Å²) in [5, 5.41) is 2.96. The normalized spacial score (nSPS) is 17.1. The molecule has 1 aliphatic carbocycles. The molecule has 0 saturated heterocycles. The number of amides is 1. The quantitative estimate of drug-likeness (QED) is 0.807. The molecule has 0 bridgehead atoms. The highest BCUT2D eigenvalue weighted by atomic mass is 16.1. The molecule has 1 aliphatic rings. The van der Waals surface area contributed by atoms with Gasteiger partial charge < -0.3 is 15.6 Å². The van der Waals surface area contributed by atoms with Crippen molar-refractivity contribution in [3.63, 3.8) is 0 Å². The van der Waals surface area contributed by atoms with Gasteiger partial charge in [-0.1, -0.05) is 6.92 Å². The molecule has 1 heterocycles. The number of nitrogens with two attached hydrogens (primary N) is 1. The number of hydrogen-bond acceptors (Lipinski definition) is 2. The SMILES string of the molecule is CC(CNC(=O)c1cc(N)cn1C)C1CC1. The average molecular weight is 221 g/mol. The van der Waals surface area contributed by atoms with Crippen molar-refractivity contribution in [1.29, 1.82) is 0 Å². The summed E-state index contributed by atoms with van der Waals surface area (Å²) >= 11 is 0. The molecule has 88 valence electrons. The van der Waals surface area contributed by atoms with Gasteiger partial charge in [0.05, 0.1) is 5.69 Å². The van der Waals surface area contributed by atoms with Gasteiger partial charge in [-0.15, -0.1) is 0 Å². The van der Waals surface area contributed by atoms with Crippen molar-refractivity contribution >= 4 is 11.6 Å². The first-order chi connectivity index (χ1) is 7.58. The molecule has 0 spiro atoms. The van der Waals surface area contributed by atoms with Gasteiger partial charge in [-0.2, -0.15) is 0 Å². The Morgan fingerprint density at radius 1 is 1.69 bits per heavy atom. The van der Waals surface area contributed by atoms with E-state index in [1.165, 1.54) is 12.8 Å². The summed E-state index contributed by atoms with van der Waals surface area (Å²) in [4.78, 5) is 11.8. The Hall–Kier alpha value is -1.45. The summed E-state index contributed by atoms with van der Waals surface area (Å²) in [6, 6.07) is 1.71. The van der Waals surface area contributed by atoms with Crippen molar-refractivity contribution in [3.8, 4) is 0 Å². The Morgan fingerprint density at radius 2 is 2.38 bits per heavy atom. The summed E-state index contributed by atoms with van der Waals surface area (Å²) in [7, 11) is 1.83. The van der Waals surface area contributed by atoms with Crippen LogP contribution in [0.15, 0.2) is 12.3 Å². The molecule has 4 heteroatoms. The maximum Gasteiger partial charge on any atom is 0.267 e. The molecular formula is C12H19N3O. The maximum absolute atomic E-state index is 11.8. The third-order valence-electron chi connectivity index (χ3n) is 3.27. The number of hydrogen-bond donors (Lipinski definition) is 2. The van der Waals surface area contributed by atoms with Gasteiger partial charge in [-0.05, 0) is 30.7 Å². The van der Waals surface area contributed by atoms with Gasteiger partial charge in [0.15, 0.2) is 0 Å². The zero-order valence-corrected chi connectivity index (χ0v) is 9.86. The van der Waals surface area contributed by atoms with Crippen LogP contribution in [-0.4, -0.2) is 17.0 Å². The average Bonchev–Trinajstić information content (AvgIpc) is 3.01. The molecule has 1 aromatic rings. The van der Waals surface area contributed by atoms with E-state index in [-0.39, 0.29) is 5.91 Å². The van der Waals surface area contributed by atoms with E-state index in [9.17, 15) is 4.79 Å². The fraction of sp³-hybridized carbons (Fsp3) is 0.583. The van der Waals surface area contributed by atoms with E-state index >= 15 is 0 Å². The number of anilines is 1. The number of nitrogens with zero attached hydrogens (tertiary/aromatic N) is 1. The van der Waals surface area contributed by atoms with Crippen LogP contribution in [-0.2, 0) is 7.05 Å². The van der Waals surface area contributed by atoms with E-state index in [1.807, 2.05) is 7.05 Å². The molecule has 0 aromatic carbocycles. The minimum absolute atomic E-state index is 0.0355. The lowest BCUT2D eigenvalue weighted by Crippen LogP contribution is -2.30. The van der Waals surface area contributed by atoms with E-state index in [4.69, 9.17) is 5.73 Å². The molecule has 3 N–H and O–H groups in total. The number of nitrogens with one attached hydrogen (secondary N) is 1. The molecule has 0 aliphatic heterocycles. The van der Waals surface area contributed by atoms with E-state index in [0.29, 0.717) is 17.3 Å². The fourth-order valence-electron chi connectivity index (χ4n) is 1.99. The van der Waals surface area contributed by atoms with Crippen LogP contribution in [0.2, 0.25) is 0 Å². The Bertz CT molecular complexity index is 393. The summed E-state index contributed by atoms with van der Waals surface area (Å²) in [5.41, 5.74) is 6.88. The minimum atomic E-state index is -0.0355. The highest BCUT2D eigenvalue weighted by Gasteiger charge is 2.28. The van der Waals surface area contributed by atoms with Crippen LogP contribution in [0, 0.1) is 11.8 Å². The highest BCUT2D eigenvalue weighted by molar-refractivity contribution is 5.93. The van der Waals surface area contributed by atoms with Gasteiger partial charge in [0, 0.05) is 19.8 Å². The Balaban J connectivity index is 1.89. The van der Waals surface area contributed by atoms with Crippen LogP contribution in [0.5, 0.6) is 0 Å². The molecule has 1 aromatic heterocycles. The zero-order valence-electron chi connectivity index (χ0n) is 9.86. The Labute approximate surface area is 95.8 Å². The second kappa shape index (κ2) is 4.20. The summed E-state index contributed by atoms with van der Waals surface area (Å²) < 4.78 is 1.76. The van der Waals surface area contributed by atoms with Crippen LogP contribution in [0.1, 0.15) is 30.3 Å². The van der Waals surface area contributed by atoms with Crippen LogP contribution in [0.4, 0.5) is 5.69 Å². The second-order valence-electron chi connectivity index (χ2n) is 4.79. The lowest BCUT2D eigenvalue weighted by atomic mass is 10.1. The molecule has 16 heavy (non-hydrogen) atoms. The predicted molar refractivity (Wildman–Crippen MR) is 64.0 cm³/mol. The first-order valence-corrected chi connectivity index (χ1v) is 5.78. The Kier molecular flexibility index (Phi) is 2.90. The standard InChI is InChI=1S/C12H19N3O/c1-8(9-3-4-9)6-14-12(16)11-5-10(13)7-15(11)2/h5,7-9H,3-4,6,13H2,1-2H3,(H,14,16). The molecule has 4 nitrogen and oxygen atoms in total. The molecular weight excluding hydrogens is 202 g/mol. The van der Waals surface area contributed by atoms with Crippen LogP contribution in [0.3, 0.4) is 0 Å². The second-order valence-corrected chi connectivity index (χ2v) is 4.79. The number of aryl methyl sites for hydroxylation is 1. The zero-order chi connectivity index (χ0) is 11.7. The molecule has 1 amide bonds. The third-order valence-corrected chi connectivity index (χ3v) is 3.27. The number of aromatic nitrogens is 1. The first-order valence-electron chi connectivity index (χ1n) is 5.78. The smallest absolute Gasteiger partial charge is 0.267 e. The van der Waals surface area contributed by atoms with E-state index in [2.05, 4.69) is 12.2 Å². The number of nitrogen functional groups attached to an aromatic ring is 1. The van der Waals surface area contributed by atoms with E-state index in [0.717, 1.165) is 12.5 Å². The number of carbonyl (C=O) groups is 1. The largest absolute Gasteiger partial charge is 0.397 e.